The molecule has 0 aliphatic heterocycles. The van der Waals surface area contributed by atoms with Gasteiger partial charge in [-0.1, -0.05) is 167 Å². The van der Waals surface area contributed by atoms with Crippen molar-refractivity contribution in [3.8, 4) is 0 Å². The average Bonchev–Trinajstić information content (AvgIpc) is 3.11. The molecule has 0 aliphatic carbocycles. The number of ether oxygens (including phenoxy) is 2. The van der Waals surface area contributed by atoms with Crippen LogP contribution in [0.2, 0.25) is 0 Å². The lowest BCUT2D eigenvalue weighted by atomic mass is 10.0. The number of hydrogen-bond acceptors (Lipinski definition) is 7. The van der Waals surface area contributed by atoms with Crippen LogP contribution >= 0.6 is 7.82 Å². The lowest BCUT2D eigenvalue weighted by Crippen LogP contribution is -2.37. The Morgan fingerprint density at radius 3 is 1.53 bits per heavy atom. The van der Waals surface area contributed by atoms with Crippen LogP contribution in [0.15, 0.2) is 24.3 Å². The summed E-state index contributed by atoms with van der Waals surface area (Å²) in [7, 11) is 1.36. The molecule has 2 unspecified atom stereocenters. The topological polar surface area (TPSA) is 94.1 Å². The molecule has 0 amide bonds. The van der Waals surface area contributed by atoms with E-state index in [-0.39, 0.29) is 25.8 Å². The zero-order chi connectivity index (χ0) is 39.1. The van der Waals surface area contributed by atoms with E-state index in [1.165, 1.54) is 135 Å². The van der Waals surface area contributed by atoms with Gasteiger partial charge in [0.05, 0.1) is 34.4 Å². The number of rotatable bonds is 41. The Kier molecular flexibility index (Phi) is 37.2. The predicted molar refractivity (Wildman–Crippen MR) is 222 cm³/mol. The van der Waals surface area contributed by atoms with Gasteiger partial charge in [-0.05, 0) is 44.9 Å². The van der Waals surface area contributed by atoms with Gasteiger partial charge >= 0.3 is 5.97 Å². The molecule has 9 heteroatoms. The number of nitrogens with zero attached hydrogens (tertiary/aromatic N) is 1. The molecule has 0 spiro atoms. The van der Waals surface area contributed by atoms with Crippen LogP contribution < -0.4 is 4.89 Å². The molecule has 53 heavy (non-hydrogen) atoms. The van der Waals surface area contributed by atoms with E-state index < -0.39 is 13.9 Å². The van der Waals surface area contributed by atoms with Crippen molar-refractivity contribution in [2.24, 2.45) is 0 Å². The SMILES string of the molecule is CCCCCCC/C=C\C/C=C\CCCCCCCCCCCCCCCC(=O)OC(COCCCCCCCC)COP(=O)([O-])OCC[N+](C)(C)C. The normalized spacial score (nSPS) is 14.0. The summed E-state index contributed by atoms with van der Waals surface area (Å²) in [5.41, 5.74) is 0. The van der Waals surface area contributed by atoms with Crippen molar-refractivity contribution in [3.05, 3.63) is 24.3 Å². The highest BCUT2D eigenvalue weighted by molar-refractivity contribution is 7.45. The van der Waals surface area contributed by atoms with Gasteiger partial charge in [-0.2, -0.15) is 0 Å². The summed E-state index contributed by atoms with van der Waals surface area (Å²) >= 11 is 0. The second-order valence-electron chi connectivity index (χ2n) is 16.1. The van der Waals surface area contributed by atoms with Gasteiger partial charge in [0.25, 0.3) is 7.82 Å². The minimum atomic E-state index is -4.51. The molecule has 2 atom stereocenters. The predicted octanol–water partition coefficient (Wildman–Crippen LogP) is 12.2. The number of esters is 1. The number of unbranched alkanes of at least 4 members (excludes halogenated alkanes) is 23. The fourth-order valence-corrected chi connectivity index (χ4v) is 6.78. The zero-order valence-corrected chi connectivity index (χ0v) is 36.4. The number of carbonyl (C=O) groups is 1. The standard InChI is InChI=1S/C44H86NO7P/c1-6-8-10-12-14-15-16-17-18-19-20-21-22-23-24-25-26-27-28-29-30-31-32-33-35-37-44(46)52-43(41-49-39-36-34-13-11-9-7-2)42-51-53(47,48)50-40-38-45(3,4)5/h16-17,19-20,43H,6-15,18,21-42H2,1-5H3/b17-16-,20-19-. The van der Waals surface area contributed by atoms with E-state index in [0.717, 1.165) is 38.5 Å². The molecule has 0 heterocycles. The highest BCUT2D eigenvalue weighted by atomic mass is 31.2. The van der Waals surface area contributed by atoms with Crippen LogP contribution in [-0.4, -0.2) is 70.7 Å². The maximum Gasteiger partial charge on any atom is 0.306 e. The average molecular weight is 772 g/mol. The minimum Gasteiger partial charge on any atom is -0.756 e. The van der Waals surface area contributed by atoms with E-state index in [1.54, 1.807) is 0 Å². The number of allylic oxidation sites excluding steroid dienone is 4. The van der Waals surface area contributed by atoms with Crippen molar-refractivity contribution >= 4 is 13.8 Å². The first kappa shape index (κ1) is 52.0. The molecular formula is C44H86NO7P. The first-order valence-electron chi connectivity index (χ1n) is 22.1. The summed E-state index contributed by atoms with van der Waals surface area (Å²) in [6, 6.07) is 0. The Hall–Kier alpha value is -1.02. The quantitative estimate of drug-likeness (QED) is 0.0201. The number of carbonyl (C=O) groups excluding carboxylic acids is 1. The second kappa shape index (κ2) is 37.9. The molecule has 0 saturated carbocycles. The Balaban J connectivity index is 3.95. The summed E-state index contributed by atoms with van der Waals surface area (Å²) in [5.74, 6) is -0.337. The van der Waals surface area contributed by atoms with Gasteiger partial charge in [0, 0.05) is 13.0 Å². The molecule has 0 N–H and O–H groups in total. The molecule has 0 saturated heterocycles. The number of phosphoric ester groups is 1. The van der Waals surface area contributed by atoms with Crippen molar-refractivity contribution < 1.29 is 37.3 Å². The molecule has 0 fully saturated rings. The number of hydrogen-bond donors (Lipinski definition) is 0. The fourth-order valence-electron chi connectivity index (χ4n) is 6.05. The third-order valence-electron chi connectivity index (χ3n) is 9.51. The highest BCUT2D eigenvalue weighted by Crippen LogP contribution is 2.38. The van der Waals surface area contributed by atoms with E-state index in [4.69, 9.17) is 18.5 Å². The molecule has 314 valence electrons. The van der Waals surface area contributed by atoms with E-state index in [2.05, 4.69) is 38.2 Å². The molecule has 0 aromatic carbocycles. The Morgan fingerprint density at radius 1 is 0.585 bits per heavy atom. The monoisotopic (exact) mass is 772 g/mol. The van der Waals surface area contributed by atoms with Gasteiger partial charge < -0.3 is 27.9 Å². The second-order valence-corrected chi connectivity index (χ2v) is 17.5. The maximum absolute atomic E-state index is 12.6. The van der Waals surface area contributed by atoms with Gasteiger partial charge in [-0.3, -0.25) is 9.36 Å². The third-order valence-corrected chi connectivity index (χ3v) is 10.5. The molecule has 8 nitrogen and oxygen atoms in total. The van der Waals surface area contributed by atoms with Crippen molar-refractivity contribution in [3.63, 3.8) is 0 Å². The van der Waals surface area contributed by atoms with Crippen LogP contribution in [0, 0.1) is 0 Å². The van der Waals surface area contributed by atoms with Crippen molar-refractivity contribution in [1.82, 2.24) is 0 Å². The van der Waals surface area contributed by atoms with Gasteiger partial charge in [0.15, 0.2) is 0 Å². The maximum atomic E-state index is 12.6. The summed E-state index contributed by atoms with van der Waals surface area (Å²) in [6.07, 6.45) is 42.2. The van der Waals surface area contributed by atoms with E-state index in [0.29, 0.717) is 24.1 Å². The summed E-state index contributed by atoms with van der Waals surface area (Å²) < 4.78 is 34.3. The fraction of sp³-hybridized carbons (Fsp3) is 0.886. The first-order chi connectivity index (χ1) is 25.6. The smallest absolute Gasteiger partial charge is 0.306 e. The number of phosphoric acid groups is 1. The number of quaternary nitrogens is 1. The van der Waals surface area contributed by atoms with Crippen molar-refractivity contribution in [2.75, 3.05) is 54.1 Å². The van der Waals surface area contributed by atoms with Crippen molar-refractivity contribution in [2.45, 2.75) is 200 Å². The Morgan fingerprint density at radius 2 is 1.04 bits per heavy atom. The van der Waals surface area contributed by atoms with Crippen molar-refractivity contribution in [1.29, 1.82) is 0 Å². The Bertz CT molecular complexity index is 905. The van der Waals surface area contributed by atoms with Crippen LogP contribution in [-0.2, 0) is 27.9 Å². The molecule has 0 bridgehead atoms. The largest absolute Gasteiger partial charge is 0.756 e. The lowest BCUT2D eigenvalue weighted by molar-refractivity contribution is -0.870. The van der Waals surface area contributed by atoms with Crippen LogP contribution in [0.4, 0.5) is 0 Å². The van der Waals surface area contributed by atoms with E-state index in [9.17, 15) is 14.3 Å². The van der Waals surface area contributed by atoms with Gasteiger partial charge in [-0.15, -0.1) is 0 Å². The molecule has 0 aromatic rings. The molecule has 0 aromatic heterocycles. The molecular weight excluding hydrogens is 685 g/mol. The first-order valence-corrected chi connectivity index (χ1v) is 23.5. The molecule has 0 radical (unpaired) electrons. The van der Waals surface area contributed by atoms with Gasteiger partial charge in [0.2, 0.25) is 0 Å². The van der Waals surface area contributed by atoms with Crippen LogP contribution in [0.1, 0.15) is 194 Å². The minimum absolute atomic E-state index is 0.0276. The number of likely N-dealkylation sites (N-methyl/N-ethyl adjacent to an activating group) is 1. The van der Waals surface area contributed by atoms with E-state index in [1.807, 2.05) is 21.1 Å². The Labute approximate surface area is 328 Å². The highest BCUT2D eigenvalue weighted by Gasteiger charge is 2.20. The van der Waals surface area contributed by atoms with Crippen LogP contribution in [0.3, 0.4) is 0 Å². The molecule has 0 rings (SSSR count). The van der Waals surface area contributed by atoms with Crippen LogP contribution in [0.5, 0.6) is 0 Å². The zero-order valence-electron chi connectivity index (χ0n) is 35.5. The van der Waals surface area contributed by atoms with Crippen LogP contribution in [0.25, 0.3) is 0 Å². The summed E-state index contributed by atoms with van der Waals surface area (Å²) in [4.78, 5) is 24.9. The van der Waals surface area contributed by atoms with Gasteiger partial charge in [-0.25, -0.2) is 0 Å². The summed E-state index contributed by atoms with van der Waals surface area (Å²) in [5, 5.41) is 0. The third kappa shape index (κ3) is 42.0. The lowest BCUT2D eigenvalue weighted by Gasteiger charge is -2.28. The van der Waals surface area contributed by atoms with Gasteiger partial charge in [0.1, 0.15) is 19.3 Å². The van der Waals surface area contributed by atoms with E-state index >= 15 is 0 Å². The summed E-state index contributed by atoms with van der Waals surface area (Å²) in [6.45, 7) is 5.37. The molecule has 0 aliphatic rings.